The van der Waals surface area contributed by atoms with Crippen LogP contribution in [0.4, 0.5) is 9.59 Å². The highest BCUT2D eigenvalue weighted by Gasteiger charge is 2.38. The molecule has 2 fully saturated rings. The van der Waals surface area contributed by atoms with Crippen molar-refractivity contribution in [3.63, 3.8) is 0 Å². The van der Waals surface area contributed by atoms with Crippen molar-refractivity contribution in [3.05, 3.63) is 34.4 Å². The van der Waals surface area contributed by atoms with Gasteiger partial charge in [-0.15, -0.1) is 0 Å². The molecule has 6 nitrogen and oxygen atoms in total. The molecule has 2 aliphatic rings. The molecule has 0 aliphatic carbocycles. The third-order valence-corrected chi connectivity index (χ3v) is 5.82. The number of rotatable bonds is 3. The highest BCUT2D eigenvalue weighted by molar-refractivity contribution is 5.68. The lowest BCUT2D eigenvalue weighted by molar-refractivity contribution is 0.134. The van der Waals surface area contributed by atoms with Gasteiger partial charge in [-0.05, 0) is 60.8 Å². The number of carbonyl (C=O) groups is 2. The zero-order valence-electron chi connectivity index (χ0n) is 15.7. The second-order valence-electron chi connectivity index (χ2n) is 7.72. The second-order valence-corrected chi connectivity index (χ2v) is 7.72. The smallest absolute Gasteiger partial charge is 0.407 e. The van der Waals surface area contributed by atoms with Gasteiger partial charge in [0.05, 0.1) is 12.1 Å². The minimum Gasteiger partial charge on any atom is -0.465 e. The Morgan fingerprint density at radius 1 is 0.962 bits per heavy atom. The average Bonchev–Trinajstić information content (AvgIpc) is 3.23. The molecular weight excluding hydrogens is 332 g/mol. The third kappa shape index (κ3) is 3.13. The minimum atomic E-state index is -0.894. The molecule has 1 aromatic rings. The summed E-state index contributed by atoms with van der Waals surface area (Å²) >= 11 is 0. The third-order valence-electron chi connectivity index (χ3n) is 5.82. The summed E-state index contributed by atoms with van der Waals surface area (Å²) in [6.45, 7) is 7.32. The maximum atomic E-state index is 11.8. The van der Waals surface area contributed by atoms with Crippen molar-refractivity contribution >= 4 is 12.2 Å². The highest BCUT2D eigenvalue weighted by atomic mass is 16.4. The van der Waals surface area contributed by atoms with Crippen LogP contribution in [0.25, 0.3) is 0 Å². The molecule has 26 heavy (non-hydrogen) atoms. The van der Waals surface area contributed by atoms with Crippen molar-refractivity contribution in [1.82, 2.24) is 9.80 Å². The second kappa shape index (κ2) is 7.17. The van der Waals surface area contributed by atoms with Crippen LogP contribution in [0.15, 0.2) is 12.1 Å². The fourth-order valence-corrected chi connectivity index (χ4v) is 4.67. The van der Waals surface area contributed by atoms with E-state index in [9.17, 15) is 19.8 Å². The van der Waals surface area contributed by atoms with Gasteiger partial charge in [0.25, 0.3) is 0 Å². The van der Waals surface area contributed by atoms with E-state index in [4.69, 9.17) is 0 Å². The maximum Gasteiger partial charge on any atom is 0.407 e. The number of hydrogen-bond donors (Lipinski definition) is 2. The van der Waals surface area contributed by atoms with Crippen molar-refractivity contribution in [2.75, 3.05) is 13.1 Å². The van der Waals surface area contributed by atoms with E-state index in [1.807, 2.05) is 6.92 Å². The average molecular weight is 360 g/mol. The Bertz CT molecular complexity index is 716. The molecular formula is C20H28N2O4. The van der Waals surface area contributed by atoms with Gasteiger partial charge in [0, 0.05) is 13.1 Å². The van der Waals surface area contributed by atoms with E-state index in [0.717, 1.165) is 47.9 Å². The first-order chi connectivity index (χ1) is 12.3. The fourth-order valence-electron chi connectivity index (χ4n) is 4.67. The Morgan fingerprint density at radius 2 is 1.46 bits per heavy atom. The zero-order valence-corrected chi connectivity index (χ0v) is 15.7. The van der Waals surface area contributed by atoms with E-state index in [1.54, 1.807) is 0 Å². The molecule has 2 amide bonds. The van der Waals surface area contributed by atoms with Crippen LogP contribution in [-0.2, 0) is 0 Å². The van der Waals surface area contributed by atoms with Crippen LogP contribution in [-0.4, -0.2) is 45.3 Å². The van der Waals surface area contributed by atoms with Crippen LogP contribution in [0, 0.1) is 6.92 Å². The summed E-state index contributed by atoms with van der Waals surface area (Å²) in [5.74, 6) is 0.250. The molecule has 2 aliphatic heterocycles. The van der Waals surface area contributed by atoms with Crippen molar-refractivity contribution in [2.45, 2.75) is 64.5 Å². The summed E-state index contributed by atoms with van der Waals surface area (Å²) in [7, 11) is 0. The summed E-state index contributed by atoms with van der Waals surface area (Å²) in [5, 5.41) is 19.3. The quantitative estimate of drug-likeness (QED) is 0.815. The van der Waals surface area contributed by atoms with E-state index in [2.05, 4.69) is 26.0 Å². The van der Waals surface area contributed by atoms with Gasteiger partial charge in [0.2, 0.25) is 0 Å². The standard InChI is InChI=1S/C20H28N2O4/c1-12(2)14-9-8-13(3)17(15-6-4-10-21(15)19(23)24)18(14)16-7-5-11-22(16)20(25)26/h8-9,12,15-16H,4-7,10-11H2,1-3H3,(H,23,24)(H,25,26). The molecule has 1 aromatic carbocycles. The zero-order chi connectivity index (χ0) is 19.0. The molecule has 3 rings (SSSR count). The summed E-state index contributed by atoms with van der Waals surface area (Å²) in [5.41, 5.74) is 4.29. The number of likely N-dealkylation sites (tertiary alicyclic amines) is 2. The van der Waals surface area contributed by atoms with Crippen LogP contribution in [0.5, 0.6) is 0 Å². The highest BCUT2D eigenvalue weighted by Crippen LogP contribution is 2.45. The Kier molecular flexibility index (Phi) is 5.12. The number of hydrogen-bond acceptors (Lipinski definition) is 2. The first-order valence-corrected chi connectivity index (χ1v) is 9.45. The van der Waals surface area contributed by atoms with Crippen molar-refractivity contribution in [3.8, 4) is 0 Å². The van der Waals surface area contributed by atoms with Gasteiger partial charge in [-0.25, -0.2) is 9.59 Å². The van der Waals surface area contributed by atoms with Gasteiger partial charge >= 0.3 is 12.2 Å². The molecule has 0 spiro atoms. The number of amides is 2. The molecule has 0 aromatic heterocycles. The molecule has 0 radical (unpaired) electrons. The maximum absolute atomic E-state index is 11.8. The minimum absolute atomic E-state index is 0.183. The van der Waals surface area contributed by atoms with E-state index in [-0.39, 0.29) is 18.0 Å². The van der Waals surface area contributed by atoms with Crippen LogP contribution < -0.4 is 0 Å². The van der Waals surface area contributed by atoms with Crippen LogP contribution >= 0.6 is 0 Å². The SMILES string of the molecule is Cc1ccc(C(C)C)c(C2CCCN2C(=O)O)c1C1CCCN1C(=O)O. The molecule has 2 N–H and O–H groups in total. The lowest BCUT2D eigenvalue weighted by atomic mass is 9.82. The lowest BCUT2D eigenvalue weighted by Crippen LogP contribution is -2.33. The predicted octanol–water partition coefficient (Wildman–Crippen LogP) is 4.75. The van der Waals surface area contributed by atoms with Gasteiger partial charge in [-0.1, -0.05) is 26.0 Å². The van der Waals surface area contributed by atoms with Gasteiger partial charge in [-0.3, -0.25) is 0 Å². The number of benzene rings is 1. The fraction of sp³-hybridized carbons (Fsp3) is 0.600. The van der Waals surface area contributed by atoms with Gasteiger partial charge in [0.1, 0.15) is 0 Å². The largest absolute Gasteiger partial charge is 0.465 e. The first-order valence-electron chi connectivity index (χ1n) is 9.45. The first kappa shape index (κ1) is 18.5. The summed E-state index contributed by atoms with van der Waals surface area (Å²) in [6, 6.07) is 3.79. The summed E-state index contributed by atoms with van der Waals surface area (Å²) in [4.78, 5) is 26.6. The Balaban J connectivity index is 2.19. The normalized spacial score (nSPS) is 23.1. The molecule has 2 atom stereocenters. The predicted molar refractivity (Wildman–Crippen MR) is 98.7 cm³/mol. The molecule has 142 valence electrons. The lowest BCUT2D eigenvalue weighted by Gasteiger charge is -2.33. The summed E-state index contributed by atoms with van der Waals surface area (Å²) < 4.78 is 0. The Morgan fingerprint density at radius 3 is 1.92 bits per heavy atom. The summed E-state index contributed by atoms with van der Waals surface area (Å²) in [6.07, 6.45) is 1.49. The van der Waals surface area contributed by atoms with Crippen LogP contribution in [0.1, 0.15) is 79.8 Å². The van der Waals surface area contributed by atoms with Crippen molar-refractivity contribution < 1.29 is 19.8 Å². The Hall–Kier alpha value is -2.24. The monoisotopic (exact) mass is 360 g/mol. The number of aryl methyl sites for hydroxylation is 1. The molecule has 2 saturated heterocycles. The van der Waals surface area contributed by atoms with E-state index in [1.165, 1.54) is 9.80 Å². The van der Waals surface area contributed by atoms with E-state index < -0.39 is 12.2 Å². The van der Waals surface area contributed by atoms with Gasteiger partial charge in [-0.2, -0.15) is 0 Å². The van der Waals surface area contributed by atoms with E-state index >= 15 is 0 Å². The van der Waals surface area contributed by atoms with E-state index in [0.29, 0.717) is 13.1 Å². The molecule has 6 heteroatoms. The van der Waals surface area contributed by atoms with Gasteiger partial charge in [0.15, 0.2) is 0 Å². The molecule has 0 saturated carbocycles. The number of nitrogens with zero attached hydrogens (tertiary/aromatic N) is 2. The van der Waals surface area contributed by atoms with Crippen molar-refractivity contribution in [2.24, 2.45) is 0 Å². The van der Waals surface area contributed by atoms with Crippen molar-refractivity contribution in [1.29, 1.82) is 0 Å². The Labute approximate surface area is 154 Å². The topological polar surface area (TPSA) is 81.1 Å². The number of carboxylic acid groups (broad SMARTS) is 2. The van der Waals surface area contributed by atoms with Crippen LogP contribution in [0.3, 0.4) is 0 Å². The van der Waals surface area contributed by atoms with Crippen LogP contribution in [0.2, 0.25) is 0 Å². The molecule has 2 unspecified atom stereocenters. The molecule has 2 heterocycles. The molecule has 0 bridgehead atoms. The van der Waals surface area contributed by atoms with Gasteiger partial charge < -0.3 is 20.0 Å².